The zero-order valence-electron chi connectivity index (χ0n) is 12.3. The van der Waals surface area contributed by atoms with Crippen molar-refractivity contribution in [3.8, 4) is 11.5 Å². The minimum Gasteiger partial charge on any atom is -0.457 e. The zero-order valence-corrected chi connectivity index (χ0v) is 13.9. The van der Waals surface area contributed by atoms with Gasteiger partial charge in [-0.15, -0.1) is 0 Å². The van der Waals surface area contributed by atoms with Crippen LogP contribution >= 0.6 is 15.9 Å². The minimum absolute atomic E-state index is 0.229. The fourth-order valence-corrected chi connectivity index (χ4v) is 2.42. The van der Waals surface area contributed by atoms with E-state index in [1.807, 2.05) is 19.2 Å². The van der Waals surface area contributed by atoms with Gasteiger partial charge in [-0.1, -0.05) is 28.1 Å². The largest absolute Gasteiger partial charge is 0.457 e. The van der Waals surface area contributed by atoms with Gasteiger partial charge in [0.15, 0.2) is 0 Å². The molecule has 0 aliphatic carbocycles. The number of hydrogen-bond acceptors (Lipinski definition) is 2. The maximum absolute atomic E-state index is 6.14. The van der Waals surface area contributed by atoms with Crippen molar-refractivity contribution < 1.29 is 4.74 Å². The Hall–Kier alpha value is -1.32. The Labute approximate surface area is 129 Å². The molecule has 20 heavy (non-hydrogen) atoms. The first-order valence-electron chi connectivity index (χ1n) is 6.73. The van der Waals surface area contributed by atoms with E-state index in [4.69, 9.17) is 4.74 Å². The number of halogens is 1. The van der Waals surface area contributed by atoms with Crippen molar-refractivity contribution in [3.05, 3.63) is 57.6 Å². The summed E-state index contributed by atoms with van der Waals surface area (Å²) < 4.78 is 7.20. The second-order valence-corrected chi connectivity index (χ2v) is 5.98. The summed E-state index contributed by atoms with van der Waals surface area (Å²) >= 11 is 3.52. The van der Waals surface area contributed by atoms with Crippen LogP contribution in [0.3, 0.4) is 0 Å². The Morgan fingerprint density at radius 1 is 1.05 bits per heavy atom. The molecular weight excluding hydrogens is 314 g/mol. The van der Waals surface area contributed by atoms with E-state index in [-0.39, 0.29) is 6.04 Å². The average Bonchev–Trinajstić information content (AvgIpc) is 2.43. The van der Waals surface area contributed by atoms with Crippen molar-refractivity contribution in [2.45, 2.75) is 26.8 Å². The lowest BCUT2D eigenvalue weighted by Gasteiger charge is -2.18. The predicted octanol–water partition coefficient (Wildman–Crippen LogP) is 5.14. The highest BCUT2D eigenvalue weighted by molar-refractivity contribution is 9.10. The molecular formula is C17H20BrNO. The smallest absolute Gasteiger partial charge is 0.132 e. The van der Waals surface area contributed by atoms with Crippen LogP contribution in [0.25, 0.3) is 0 Å². The van der Waals surface area contributed by atoms with E-state index in [0.29, 0.717) is 0 Å². The summed E-state index contributed by atoms with van der Waals surface area (Å²) in [5, 5.41) is 3.26. The van der Waals surface area contributed by atoms with Crippen molar-refractivity contribution in [2.75, 3.05) is 7.05 Å². The standard InChI is InChI=1S/C17H20BrNO/c1-11-5-6-12(2)17(9-11)20-16-8-7-14(18)10-15(16)13(3)19-4/h5-10,13,19H,1-4H3. The second-order valence-electron chi connectivity index (χ2n) is 5.06. The van der Waals surface area contributed by atoms with Gasteiger partial charge in [0.05, 0.1) is 0 Å². The molecule has 2 aromatic rings. The van der Waals surface area contributed by atoms with Gasteiger partial charge in [-0.05, 0) is 63.2 Å². The fourth-order valence-electron chi connectivity index (χ4n) is 2.04. The monoisotopic (exact) mass is 333 g/mol. The summed E-state index contributed by atoms with van der Waals surface area (Å²) in [6.07, 6.45) is 0. The van der Waals surface area contributed by atoms with Gasteiger partial charge in [0, 0.05) is 16.1 Å². The van der Waals surface area contributed by atoms with Gasteiger partial charge in [-0.2, -0.15) is 0 Å². The van der Waals surface area contributed by atoms with E-state index >= 15 is 0 Å². The van der Waals surface area contributed by atoms with Crippen LogP contribution in [-0.2, 0) is 0 Å². The Morgan fingerprint density at radius 3 is 2.50 bits per heavy atom. The zero-order chi connectivity index (χ0) is 14.7. The molecule has 0 heterocycles. The number of benzene rings is 2. The summed E-state index contributed by atoms with van der Waals surface area (Å²) in [6.45, 7) is 6.26. The van der Waals surface area contributed by atoms with Crippen molar-refractivity contribution in [2.24, 2.45) is 0 Å². The highest BCUT2D eigenvalue weighted by Gasteiger charge is 2.12. The van der Waals surface area contributed by atoms with Crippen LogP contribution in [0.15, 0.2) is 40.9 Å². The second kappa shape index (κ2) is 6.42. The van der Waals surface area contributed by atoms with Gasteiger partial charge in [0.25, 0.3) is 0 Å². The van der Waals surface area contributed by atoms with Crippen molar-refractivity contribution in [1.29, 1.82) is 0 Å². The third-order valence-corrected chi connectivity index (χ3v) is 3.93. The van der Waals surface area contributed by atoms with E-state index in [9.17, 15) is 0 Å². The normalized spacial score (nSPS) is 12.2. The molecule has 2 nitrogen and oxygen atoms in total. The highest BCUT2D eigenvalue weighted by Crippen LogP contribution is 2.33. The van der Waals surface area contributed by atoms with Crippen LogP contribution in [0.4, 0.5) is 0 Å². The number of aryl methyl sites for hydroxylation is 2. The third kappa shape index (κ3) is 3.41. The molecule has 2 rings (SSSR count). The van der Waals surface area contributed by atoms with E-state index < -0.39 is 0 Å². The molecule has 0 fully saturated rings. The van der Waals surface area contributed by atoms with Crippen LogP contribution in [0.2, 0.25) is 0 Å². The molecule has 3 heteroatoms. The van der Waals surface area contributed by atoms with Gasteiger partial charge < -0.3 is 10.1 Å². The summed E-state index contributed by atoms with van der Waals surface area (Å²) in [4.78, 5) is 0. The van der Waals surface area contributed by atoms with Gasteiger partial charge in [-0.25, -0.2) is 0 Å². The van der Waals surface area contributed by atoms with Gasteiger partial charge in [0.1, 0.15) is 11.5 Å². The maximum Gasteiger partial charge on any atom is 0.132 e. The molecule has 0 aliphatic heterocycles. The molecule has 0 spiro atoms. The number of ether oxygens (including phenoxy) is 1. The molecule has 106 valence electrons. The number of hydrogen-bond donors (Lipinski definition) is 1. The summed E-state index contributed by atoms with van der Waals surface area (Å²) in [5.74, 6) is 1.81. The summed E-state index contributed by atoms with van der Waals surface area (Å²) in [6, 6.07) is 12.6. The van der Waals surface area contributed by atoms with Crippen LogP contribution in [0.1, 0.15) is 29.7 Å². The Bertz CT molecular complexity index is 610. The molecule has 0 amide bonds. The van der Waals surface area contributed by atoms with Gasteiger partial charge in [-0.3, -0.25) is 0 Å². The van der Waals surface area contributed by atoms with Crippen LogP contribution in [-0.4, -0.2) is 7.05 Å². The van der Waals surface area contributed by atoms with E-state index in [1.54, 1.807) is 0 Å². The molecule has 0 radical (unpaired) electrons. The highest BCUT2D eigenvalue weighted by atomic mass is 79.9. The Morgan fingerprint density at radius 2 is 1.80 bits per heavy atom. The third-order valence-electron chi connectivity index (χ3n) is 3.43. The van der Waals surface area contributed by atoms with E-state index in [1.165, 1.54) is 5.56 Å². The Kier molecular flexibility index (Phi) is 4.84. The first-order chi connectivity index (χ1) is 9.51. The molecule has 0 aliphatic rings. The maximum atomic E-state index is 6.14. The van der Waals surface area contributed by atoms with Crippen molar-refractivity contribution >= 4 is 15.9 Å². The SMILES string of the molecule is CNC(C)c1cc(Br)ccc1Oc1cc(C)ccc1C. The molecule has 0 saturated heterocycles. The molecule has 0 saturated carbocycles. The molecule has 1 atom stereocenters. The summed E-state index contributed by atoms with van der Waals surface area (Å²) in [5.41, 5.74) is 3.48. The first-order valence-corrected chi connectivity index (χ1v) is 7.52. The van der Waals surface area contributed by atoms with Gasteiger partial charge in [0.2, 0.25) is 0 Å². The van der Waals surface area contributed by atoms with Gasteiger partial charge >= 0.3 is 0 Å². The fraction of sp³-hybridized carbons (Fsp3) is 0.294. The average molecular weight is 334 g/mol. The van der Waals surface area contributed by atoms with Crippen LogP contribution < -0.4 is 10.1 Å². The predicted molar refractivity (Wildman–Crippen MR) is 87.6 cm³/mol. The minimum atomic E-state index is 0.229. The quantitative estimate of drug-likeness (QED) is 0.836. The lowest BCUT2D eigenvalue weighted by atomic mass is 10.1. The summed E-state index contributed by atoms with van der Waals surface area (Å²) in [7, 11) is 1.95. The first kappa shape index (κ1) is 15.1. The van der Waals surface area contributed by atoms with Crippen LogP contribution in [0.5, 0.6) is 11.5 Å². The molecule has 1 N–H and O–H groups in total. The molecule has 1 unspecified atom stereocenters. The Balaban J connectivity index is 2.40. The van der Waals surface area contributed by atoms with Crippen LogP contribution in [0, 0.1) is 13.8 Å². The van der Waals surface area contributed by atoms with E-state index in [0.717, 1.165) is 27.1 Å². The number of nitrogens with one attached hydrogen (secondary N) is 1. The lowest BCUT2D eigenvalue weighted by Crippen LogP contribution is -2.13. The van der Waals surface area contributed by atoms with Crippen molar-refractivity contribution in [3.63, 3.8) is 0 Å². The molecule has 0 bridgehead atoms. The molecule has 2 aromatic carbocycles. The number of rotatable bonds is 4. The topological polar surface area (TPSA) is 21.3 Å². The van der Waals surface area contributed by atoms with Crippen molar-refractivity contribution in [1.82, 2.24) is 5.32 Å². The lowest BCUT2D eigenvalue weighted by molar-refractivity contribution is 0.462. The van der Waals surface area contributed by atoms with E-state index in [2.05, 4.69) is 66.3 Å². The molecule has 0 aromatic heterocycles.